The second-order valence-corrected chi connectivity index (χ2v) is 13.2. The fourth-order valence-corrected chi connectivity index (χ4v) is 6.49. The van der Waals surface area contributed by atoms with E-state index in [1.54, 1.807) is 25.4 Å². The lowest BCUT2D eigenvalue weighted by molar-refractivity contribution is -0.141. The molecule has 3 amide bonds. The molecular formula is C36H36F4N8O4. The third kappa shape index (κ3) is 7.70. The van der Waals surface area contributed by atoms with Crippen molar-refractivity contribution in [1.82, 2.24) is 34.9 Å². The Hall–Kier alpha value is -5.54. The summed E-state index contributed by atoms with van der Waals surface area (Å²) in [5.74, 6) is -2.26. The standard InChI is InChI=1S/C36H36F4N8O4/c1-20-10-11-28(36(38,39)40)44-33(20)45-34(52)27-14-35(37)18-43-29(50)9-7-5-4-6-8-23-12-24(25-15-41-22(3)42-16-25)13-26-31(21(2)49)46-48(32(23)26)17-30(51)47(27)19-35/h4,6,10-13,15-16,27H,5,7-9,14,17-19H2,1-3H3,(H,43,50)(H,44,45,52)/b6-4+/t27-,35+/m0/s1. The van der Waals surface area contributed by atoms with E-state index < -0.39 is 67.4 Å². The van der Waals surface area contributed by atoms with Crippen molar-refractivity contribution in [2.45, 2.75) is 77.3 Å². The molecule has 0 unspecified atom stereocenters. The SMILES string of the molecule is CC(=O)c1nn2c3c(cc(-c4cnc(C)nc4)cc13)C/C=C/CCCC(=O)NC[C@]1(F)C[C@@H](C(=O)Nc3nc(C(F)(F)F)ccc3C)N(C1)C(=O)C2. The van der Waals surface area contributed by atoms with Gasteiger partial charge in [0.2, 0.25) is 17.7 Å². The minimum atomic E-state index is -4.79. The highest BCUT2D eigenvalue weighted by Crippen LogP contribution is 2.35. The zero-order chi connectivity index (χ0) is 37.4. The number of pyridine rings is 1. The first-order valence-electron chi connectivity index (χ1n) is 16.7. The molecule has 16 heteroatoms. The van der Waals surface area contributed by atoms with Gasteiger partial charge in [0.05, 0.1) is 18.6 Å². The number of carbonyl (C=O) groups is 4. The highest BCUT2D eigenvalue weighted by atomic mass is 19.4. The lowest BCUT2D eigenvalue weighted by Gasteiger charge is -2.24. The van der Waals surface area contributed by atoms with E-state index in [4.69, 9.17) is 0 Å². The number of allylic oxidation sites excluding steroid dienone is 2. The van der Waals surface area contributed by atoms with Crippen LogP contribution in [0.4, 0.5) is 23.4 Å². The number of hydrogen-bond acceptors (Lipinski definition) is 8. The second-order valence-electron chi connectivity index (χ2n) is 13.2. The van der Waals surface area contributed by atoms with Crippen LogP contribution in [-0.4, -0.2) is 77.9 Å². The normalized spacial score (nSPS) is 20.8. The Morgan fingerprint density at radius 2 is 1.81 bits per heavy atom. The van der Waals surface area contributed by atoms with Gasteiger partial charge in [0.25, 0.3) is 0 Å². The van der Waals surface area contributed by atoms with Gasteiger partial charge in [0.1, 0.15) is 41.3 Å². The molecule has 2 aliphatic rings. The molecule has 0 saturated carbocycles. The second kappa shape index (κ2) is 14.2. The van der Waals surface area contributed by atoms with Gasteiger partial charge in [-0.25, -0.2) is 19.3 Å². The van der Waals surface area contributed by atoms with Crippen molar-refractivity contribution >= 4 is 40.2 Å². The molecule has 272 valence electrons. The van der Waals surface area contributed by atoms with Crippen molar-refractivity contribution in [2.24, 2.45) is 0 Å². The molecule has 2 atom stereocenters. The van der Waals surface area contributed by atoms with Crippen LogP contribution in [0.15, 0.2) is 48.8 Å². The largest absolute Gasteiger partial charge is 0.433 e. The Morgan fingerprint density at radius 1 is 1.06 bits per heavy atom. The maximum Gasteiger partial charge on any atom is 0.433 e. The van der Waals surface area contributed by atoms with E-state index in [2.05, 4.69) is 30.7 Å². The van der Waals surface area contributed by atoms with Gasteiger partial charge >= 0.3 is 6.18 Å². The highest BCUT2D eigenvalue weighted by Gasteiger charge is 2.50. The molecule has 12 nitrogen and oxygen atoms in total. The number of amides is 3. The number of nitrogens with one attached hydrogen (secondary N) is 2. The van der Waals surface area contributed by atoms with Gasteiger partial charge in [-0.05, 0) is 68.0 Å². The van der Waals surface area contributed by atoms with Gasteiger partial charge in [-0.1, -0.05) is 18.2 Å². The topological polar surface area (TPSA) is 152 Å². The third-order valence-electron chi connectivity index (χ3n) is 9.18. The number of aromatic nitrogens is 5. The fourth-order valence-electron chi connectivity index (χ4n) is 6.49. The number of hydrogen-bond donors (Lipinski definition) is 2. The first kappa shape index (κ1) is 36.3. The Balaban J connectivity index is 1.42. The minimum Gasteiger partial charge on any atom is -0.353 e. The molecular weight excluding hydrogens is 684 g/mol. The van der Waals surface area contributed by atoms with Crippen molar-refractivity contribution in [2.75, 3.05) is 18.4 Å². The zero-order valence-corrected chi connectivity index (χ0v) is 28.7. The average molecular weight is 721 g/mol. The van der Waals surface area contributed by atoms with Crippen LogP contribution in [0.5, 0.6) is 0 Å². The molecule has 5 heterocycles. The number of alkyl halides is 4. The van der Waals surface area contributed by atoms with E-state index in [9.17, 15) is 32.3 Å². The molecule has 4 aromatic rings. The molecule has 2 N–H and O–H groups in total. The number of fused-ring (bicyclic) bond motifs is 2. The molecule has 0 aliphatic carbocycles. The molecule has 2 bridgehead atoms. The molecule has 2 aliphatic heterocycles. The molecule has 1 saturated heterocycles. The van der Waals surface area contributed by atoms with Crippen LogP contribution in [0, 0.1) is 13.8 Å². The summed E-state index contributed by atoms with van der Waals surface area (Å²) < 4.78 is 58.1. The van der Waals surface area contributed by atoms with Crippen molar-refractivity contribution in [3.05, 3.63) is 77.2 Å². The number of benzene rings is 1. The Labute approximate surface area is 295 Å². The highest BCUT2D eigenvalue weighted by molar-refractivity contribution is 6.07. The Kier molecular flexibility index (Phi) is 9.92. The van der Waals surface area contributed by atoms with Gasteiger partial charge in [-0.15, -0.1) is 0 Å². The first-order chi connectivity index (χ1) is 24.6. The number of halogens is 4. The van der Waals surface area contributed by atoms with Crippen molar-refractivity contribution in [3.63, 3.8) is 0 Å². The van der Waals surface area contributed by atoms with E-state index >= 15 is 4.39 Å². The van der Waals surface area contributed by atoms with Crippen LogP contribution in [0.2, 0.25) is 0 Å². The Morgan fingerprint density at radius 3 is 2.52 bits per heavy atom. The maximum atomic E-state index is 16.5. The predicted octanol–water partition coefficient (Wildman–Crippen LogP) is 5.07. The predicted molar refractivity (Wildman–Crippen MR) is 182 cm³/mol. The molecule has 0 spiro atoms. The monoisotopic (exact) mass is 720 g/mol. The zero-order valence-electron chi connectivity index (χ0n) is 28.7. The lowest BCUT2D eigenvalue weighted by atomic mass is 9.98. The number of rotatable bonds is 4. The smallest absolute Gasteiger partial charge is 0.353 e. The number of nitrogens with zero attached hydrogens (tertiary/aromatic N) is 6. The minimum absolute atomic E-state index is 0.0988. The average Bonchev–Trinajstić information content (AvgIpc) is 3.64. The summed E-state index contributed by atoms with van der Waals surface area (Å²) in [6, 6.07) is 4.10. The first-order valence-corrected chi connectivity index (χ1v) is 16.7. The van der Waals surface area contributed by atoms with E-state index in [-0.39, 0.29) is 29.3 Å². The van der Waals surface area contributed by atoms with E-state index in [0.29, 0.717) is 52.7 Å². The number of ketones is 1. The van der Waals surface area contributed by atoms with Crippen LogP contribution in [0.1, 0.15) is 65.7 Å². The number of carbonyl (C=O) groups excluding carboxylic acids is 4. The molecule has 6 rings (SSSR count). The summed E-state index contributed by atoms with van der Waals surface area (Å²) in [6.45, 7) is 2.97. The Bertz CT molecular complexity index is 2100. The van der Waals surface area contributed by atoms with Gasteiger partial charge in [0.15, 0.2) is 5.78 Å². The van der Waals surface area contributed by atoms with Crippen LogP contribution >= 0.6 is 0 Å². The number of aryl methyl sites for hydroxylation is 2. The summed E-state index contributed by atoms with van der Waals surface area (Å²) >= 11 is 0. The van der Waals surface area contributed by atoms with Crippen LogP contribution < -0.4 is 10.6 Å². The van der Waals surface area contributed by atoms with Crippen molar-refractivity contribution in [1.29, 1.82) is 0 Å². The number of anilines is 1. The van der Waals surface area contributed by atoms with Crippen LogP contribution in [0.25, 0.3) is 22.0 Å². The van der Waals surface area contributed by atoms with E-state index in [1.165, 1.54) is 18.5 Å². The van der Waals surface area contributed by atoms with Crippen LogP contribution in [0.3, 0.4) is 0 Å². The number of Topliss-reactive ketones (excluding diaryl/α,β-unsaturated/α-hetero) is 1. The molecule has 1 fully saturated rings. The third-order valence-corrected chi connectivity index (χ3v) is 9.18. The molecule has 1 aromatic carbocycles. The van der Waals surface area contributed by atoms with E-state index in [0.717, 1.165) is 17.0 Å². The fraction of sp³-hybridized carbons (Fsp3) is 0.389. The lowest BCUT2D eigenvalue weighted by Crippen LogP contribution is -2.45. The molecule has 3 aromatic heterocycles. The van der Waals surface area contributed by atoms with Gasteiger partial charge in [0, 0.05) is 43.1 Å². The summed E-state index contributed by atoms with van der Waals surface area (Å²) in [5, 5.41) is 9.92. The summed E-state index contributed by atoms with van der Waals surface area (Å²) in [6.07, 6.45) is 3.33. The van der Waals surface area contributed by atoms with E-state index in [1.807, 2.05) is 18.2 Å². The summed E-state index contributed by atoms with van der Waals surface area (Å²) in [5.41, 5.74) is -0.571. The van der Waals surface area contributed by atoms with Gasteiger partial charge < -0.3 is 15.5 Å². The van der Waals surface area contributed by atoms with Crippen molar-refractivity contribution in [3.8, 4) is 11.1 Å². The molecule has 0 radical (unpaired) electrons. The summed E-state index contributed by atoms with van der Waals surface area (Å²) in [7, 11) is 0. The maximum absolute atomic E-state index is 16.5. The quantitative estimate of drug-likeness (QED) is 0.169. The van der Waals surface area contributed by atoms with Gasteiger partial charge in [-0.3, -0.25) is 23.9 Å². The van der Waals surface area contributed by atoms with Crippen molar-refractivity contribution < 1.29 is 36.7 Å². The van der Waals surface area contributed by atoms with Crippen LogP contribution in [-0.2, 0) is 33.5 Å². The van der Waals surface area contributed by atoms with Gasteiger partial charge in [-0.2, -0.15) is 18.3 Å². The summed E-state index contributed by atoms with van der Waals surface area (Å²) in [4.78, 5) is 66.5. The molecule has 52 heavy (non-hydrogen) atoms.